The Kier molecular flexibility index (Phi) is 8.25. The molecular weight excluding hydrogens is 364 g/mol. The van der Waals surface area contributed by atoms with Gasteiger partial charge in [0.25, 0.3) is 5.91 Å². The number of carbonyl (C=O) groups is 2. The van der Waals surface area contributed by atoms with E-state index in [2.05, 4.69) is 5.32 Å². The first-order valence-corrected chi connectivity index (χ1v) is 10.2. The topological polar surface area (TPSA) is 58.6 Å². The van der Waals surface area contributed by atoms with Gasteiger partial charge in [0.2, 0.25) is 5.91 Å². The third-order valence-electron chi connectivity index (χ3n) is 5.02. The van der Waals surface area contributed by atoms with Crippen LogP contribution in [-0.2, 0) is 16.1 Å². The first kappa shape index (κ1) is 22.5. The molecule has 0 aromatic heterocycles. The molecule has 5 heteroatoms. The Hall–Kier alpha value is -2.82. The summed E-state index contributed by atoms with van der Waals surface area (Å²) >= 11 is 0. The second kappa shape index (κ2) is 10.6. The van der Waals surface area contributed by atoms with Gasteiger partial charge in [-0.25, -0.2) is 0 Å². The van der Waals surface area contributed by atoms with E-state index in [0.717, 1.165) is 22.3 Å². The molecule has 156 valence electrons. The molecule has 2 amide bonds. The van der Waals surface area contributed by atoms with Crippen LogP contribution in [0.15, 0.2) is 42.5 Å². The van der Waals surface area contributed by atoms with Gasteiger partial charge in [-0.05, 0) is 56.9 Å². The van der Waals surface area contributed by atoms with E-state index >= 15 is 0 Å². The molecule has 5 nitrogen and oxygen atoms in total. The molecule has 2 aromatic carbocycles. The fourth-order valence-corrected chi connectivity index (χ4v) is 3.37. The smallest absolute Gasteiger partial charge is 0.261 e. The lowest BCUT2D eigenvalue weighted by Crippen LogP contribution is -2.50. The Balaban J connectivity index is 2.23. The standard InChI is InChI=1S/C24H32N2O3/c1-6-21(24(28)25-7-2)26(15-20-11-9-8-10-18(20)4)23(27)16-29-22-13-12-17(3)14-19(22)5/h8-14,21H,6-7,15-16H2,1-5H3,(H,25,28)/t21-/m0/s1. The predicted octanol–water partition coefficient (Wildman–Crippen LogP) is 3.93. The molecule has 0 spiro atoms. The van der Waals surface area contributed by atoms with Crippen LogP contribution in [0.4, 0.5) is 0 Å². The Bertz CT molecular complexity index is 848. The van der Waals surface area contributed by atoms with E-state index in [0.29, 0.717) is 25.3 Å². The molecule has 29 heavy (non-hydrogen) atoms. The van der Waals surface area contributed by atoms with Crippen molar-refractivity contribution in [1.29, 1.82) is 0 Å². The lowest BCUT2D eigenvalue weighted by atomic mass is 10.1. The summed E-state index contributed by atoms with van der Waals surface area (Å²) in [4.78, 5) is 27.4. The summed E-state index contributed by atoms with van der Waals surface area (Å²) in [5, 5.41) is 2.85. The van der Waals surface area contributed by atoms with E-state index in [9.17, 15) is 9.59 Å². The minimum Gasteiger partial charge on any atom is -0.483 e. The molecule has 0 saturated carbocycles. The van der Waals surface area contributed by atoms with E-state index in [4.69, 9.17) is 4.74 Å². The lowest BCUT2D eigenvalue weighted by molar-refractivity contribution is -0.142. The van der Waals surface area contributed by atoms with Gasteiger partial charge in [0.15, 0.2) is 6.61 Å². The number of ether oxygens (including phenoxy) is 1. The zero-order valence-electron chi connectivity index (χ0n) is 18.1. The van der Waals surface area contributed by atoms with Gasteiger partial charge in [-0.1, -0.05) is 48.9 Å². The fraction of sp³-hybridized carbons (Fsp3) is 0.417. The largest absolute Gasteiger partial charge is 0.483 e. The molecule has 0 unspecified atom stereocenters. The number of benzene rings is 2. The fourth-order valence-electron chi connectivity index (χ4n) is 3.37. The SMILES string of the molecule is CCNC(=O)[C@H](CC)N(Cc1ccccc1C)C(=O)COc1ccc(C)cc1C. The van der Waals surface area contributed by atoms with Gasteiger partial charge >= 0.3 is 0 Å². The van der Waals surface area contributed by atoms with Crippen LogP contribution in [0.25, 0.3) is 0 Å². The van der Waals surface area contributed by atoms with E-state index in [1.165, 1.54) is 0 Å². The van der Waals surface area contributed by atoms with Crippen LogP contribution in [0.3, 0.4) is 0 Å². The summed E-state index contributed by atoms with van der Waals surface area (Å²) in [6, 6.07) is 13.2. The third kappa shape index (κ3) is 6.08. The summed E-state index contributed by atoms with van der Waals surface area (Å²) < 4.78 is 5.81. The average Bonchev–Trinajstić information content (AvgIpc) is 2.68. The summed E-state index contributed by atoms with van der Waals surface area (Å²) in [6.45, 7) is 10.6. The quantitative estimate of drug-likeness (QED) is 0.699. The number of hydrogen-bond donors (Lipinski definition) is 1. The Morgan fingerprint density at radius 1 is 1.03 bits per heavy atom. The molecule has 0 aliphatic carbocycles. The number of carbonyl (C=O) groups excluding carboxylic acids is 2. The van der Waals surface area contributed by atoms with Gasteiger partial charge in [-0.2, -0.15) is 0 Å². The molecule has 0 saturated heterocycles. The van der Waals surface area contributed by atoms with E-state index in [1.54, 1.807) is 4.90 Å². The summed E-state index contributed by atoms with van der Waals surface area (Å²) in [5.74, 6) is 0.348. The monoisotopic (exact) mass is 396 g/mol. The second-order valence-corrected chi connectivity index (χ2v) is 7.32. The van der Waals surface area contributed by atoms with Crippen molar-refractivity contribution in [2.24, 2.45) is 0 Å². The number of amides is 2. The van der Waals surface area contributed by atoms with Crippen molar-refractivity contribution < 1.29 is 14.3 Å². The highest BCUT2D eigenvalue weighted by atomic mass is 16.5. The number of nitrogens with zero attached hydrogens (tertiary/aromatic N) is 1. The maximum atomic E-state index is 13.1. The number of rotatable bonds is 9. The van der Waals surface area contributed by atoms with Crippen LogP contribution in [-0.4, -0.2) is 35.9 Å². The molecule has 0 aliphatic rings. The van der Waals surface area contributed by atoms with Gasteiger partial charge in [0.05, 0.1) is 0 Å². The molecule has 0 aliphatic heterocycles. The summed E-state index contributed by atoms with van der Waals surface area (Å²) in [6.07, 6.45) is 0.535. The number of likely N-dealkylation sites (N-methyl/N-ethyl adjacent to an activating group) is 1. The van der Waals surface area contributed by atoms with Crippen LogP contribution in [0.1, 0.15) is 42.5 Å². The molecular formula is C24H32N2O3. The van der Waals surface area contributed by atoms with E-state index < -0.39 is 6.04 Å². The van der Waals surface area contributed by atoms with Crippen molar-refractivity contribution in [3.63, 3.8) is 0 Å². The minimum atomic E-state index is -0.537. The normalized spacial score (nSPS) is 11.6. The van der Waals surface area contributed by atoms with Crippen LogP contribution in [0.5, 0.6) is 5.75 Å². The summed E-state index contributed by atoms with van der Waals surface area (Å²) in [5.41, 5.74) is 4.24. The zero-order chi connectivity index (χ0) is 21.4. The third-order valence-corrected chi connectivity index (χ3v) is 5.02. The molecule has 0 fully saturated rings. The number of hydrogen-bond acceptors (Lipinski definition) is 3. The van der Waals surface area contributed by atoms with Crippen LogP contribution in [0.2, 0.25) is 0 Å². The first-order valence-electron chi connectivity index (χ1n) is 10.2. The molecule has 2 rings (SSSR count). The van der Waals surface area contributed by atoms with Crippen molar-refractivity contribution in [3.05, 3.63) is 64.7 Å². The van der Waals surface area contributed by atoms with Crippen LogP contribution in [0, 0.1) is 20.8 Å². The van der Waals surface area contributed by atoms with Crippen molar-refractivity contribution in [1.82, 2.24) is 10.2 Å². The minimum absolute atomic E-state index is 0.105. The van der Waals surface area contributed by atoms with E-state index in [-0.39, 0.29) is 18.4 Å². The molecule has 0 heterocycles. The van der Waals surface area contributed by atoms with Crippen molar-refractivity contribution in [3.8, 4) is 5.75 Å². The summed E-state index contributed by atoms with van der Waals surface area (Å²) in [7, 11) is 0. The van der Waals surface area contributed by atoms with E-state index in [1.807, 2.05) is 77.1 Å². The van der Waals surface area contributed by atoms with Gasteiger partial charge in [0.1, 0.15) is 11.8 Å². The number of nitrogens with one attached hydrogen (secondary N) is 1. The van der Waals surface area contributed by atoms with Crippen molar-refractivity contribution in [2.75, 3.05) is 13.2 Å². The second-order valence-electron chi connectivity index (χ2n) is 7.32. The Labute approximate surface area is 174 Å². The lowest BCUT2D eigenvalue weighted by Gasteiger charge is -2.31. The van der Waals surface area contributed by atoms with Crippen molar-refractivity contribution in [2.45, 2.75) is 53.6 Å². The highest BCUT2D eigenvalue weighted by molar-refractivity contribution is 5.88. The average molecular weight is 397 g/mol. The molecule has 1 N–H and O–H groups in total. The van der Waals surface area contributed by atoms with Crippen LogP contribution < -0.4 is 10.1 Å². The van der Waals surface area contributed by atoms with Gasteiger partial charge in [-0.15, -0.1) is 0 Å². The Morgan fingerprint density at radius 3 is 2.38 bits per heavy atom. The van der Waals surface area contributed by atoms with Gasteiger partial charge in [0, 0.05) is 13.1 Å². The van der Waals surface area contributed by atoms with Gasteiger partial charge < -0.3 is 15.0 Å². The highest BCUT2D eigenvalue weighted by Crippen LogP contribution is 2.20. The molecule has 1 atom stereocenters. The Morgan fingerprint density at radius 2 is 1.76 bits per heavy atom. The zero-order valence-corrected chi connectivity index (χ0v) is 18.1. The molecule has 0 radical (unpaired) electrons. The number of aryl methyl sites for hydroxylation is 3. The molecule has 0 bridgehead atoms. The van der Waals surface area contributed by atoms with Crippen LogP contribution >= 0.6 is 0 Å². The van der Waals surface area contributed by atoms with Crippen molar-refractivity contribution >= 4 is 11.8 Å². The highest BCUT2D eigenvalue weighted by Gasteiger charge is 2.29. The maximum Gasteiger partial charge on any atom is 0.261 e. The predicted molar refractivity (Wildman–Crippen MR) is 116 cm³/mol. The van der Waals surface area contributed by atoms with Gasteiger partial charge in [-0.3, -0.25) is 9.59 Å². The first-order chi connectivity index (χ1) is 13.9. The maximum absolute atomic E-state index is 13.1. The molecule has 2 aromatic rings.